The number of rotatable bonds is 3. The molecule has 1 aliphatic rings. The molecule has 1 heterocycles. The molecule has 1 fully saturated rings. The Morgan fingerprint density at radius 1 is 1.55 bits per heavy atom. The van der Waals surface area contributed by atoms with Crippen LogP contribution in [0.2, 0.25) is 0 Å². The van der Waals surface area contributed by atoms with Crippen molar-refractivity contribution in [2.45, 2.75) is 25.0 Å². The smallest absolute Gasteiger partial charge is 0.101 e. The summed E-state index contributed by atoms with van der Waals surface area (Å²) in [5, 5.41) is 21.7. The van der Waals surface area contributed by atoms with Gasteiger partial charge in [-0.25, -0.2) is 9.78 Å². The van der Waals surface area contributed by atoms with E-state index in [-0.39, 0.29) is 12.7 Å². The number of hydrogen-bond donors (Lipinski definition) is 2. The summed E-state index contributed by atoms with van der Waals surface area (Å²) in [5.74, 6) is 0. The van der Waals surface area contributed by atoms with Crippen LogP contribution < -0.4 is 0 Å². The van der Waals surface area contributed by atoms with Crippen molar-refractivity contribution in [1.82, 2.24) is 0 Å². The summed E-state index contributed by atoms with van der Waals surface area (Å²) in [6.45, 7) is 0.212. The highest BCUT2D eigenvalue weighted by molar-refractivity contribution is 4.63. The minimum absolute atomic E-state index is 0.175. The van der Waals surface area contributed by atoms with Gasteiger partial charge in [0.25, 0.3) is 0 Å². The summed E-state index contributed by atoms with van der Waals surface area (Å²) in [7, 11) is 0. The van der Waals surface area contributed by atoms with Crippen LogP contribution in [-0.2, 0) is 14.8 Å². The molecule has 0 radical (unpaired) electrons. The lowest BCUT2D eigenvalue weighted by Gasteiger charge is -2.21. The molecule has 1 aliphatic heterocycles. The number of hydrogen-bond acceptors (Lipinski definition) is 5. The van der Waals surface area contributed by atoms with Gasteiger partial charge in [0, 0.05) is 12.8 Å². The fraction of sp³-hybridized carbons (Fsp3) is 1.00. The Bertz CT molecular complexity index is 101. The highest BCUT2D eigenvalue weighted by Gasteiger charge is 2.19. The minimum atomic E-state index is -0.735. The van der Waals surface area contributed by atoms with Gasteiger partial charge in [-0.2, -0.15) is 0 Å². The second-order valence-electron chi connectivity index (χ2n) is 2.47. The molecule has 11 heavy (non-hydrogen) atoms. The quantitative estimate of drug-likeness (QED) is 0.544. The van der Waals surface area contributed by atoms with Crippen molar-refractivity contribution in [2.75, 3.05) is 13.2 Å². The van der Waals surface area contributed by atoms with Crippen LogP contribution in [0.3, 0.4) is 0 Å². The zero-order valence-electron chi connectivity index (χ0n) is 6.10. The molecule has 0 aromatic rings. The van der Waals surface area contributed by atoms with Crippen LogP contribution in [0.5, 0.6) is 0 Å². The molecule has 0 aliphatic carbocycles. The summed E-state index contributed by atoms with van der Waals surface area (Å²) in [4.78, 5) is 9.11. The second kappa shape index (κ2) is 4.63. The normalized spacial score (nSPS) is 28.4. The Kier molecular flexibility index (Phi) is 3.74. The first-order valence-electron chi connectivity index (χ1n) is 3.57. The average Bonchev–Trinajstić information content (AvgIpc) is 2.06. The van der Waals surface area contributed by atoms with Crippen LogP contribution in [0.1, 0.15) is 12.8 Å². The van der Waals surface area contributed by atoms with E-state index in [0.29, 0.717) is 19.4 Å². The lowest BCUT2D eigenvalue weighted by molar-refractivity contribution is -0.549. The molecule has 0 saturated carbocycles. The standard InChI is InChI=1S/C6H12O5/c7-4-5(8)3-6-1-2-9-11-10-6/h5-8H,1-4H2. The Morgan fingerprint density at radius 2 is 2.36 bits per heavy atom. The molecule has 0 aromatic heterocycles. The molecule has 5 heteroatoms. The monoisotopic (exact) mass is 164 g/mol. The van der Waals surface area contributed by atoms with Gasteiger partial charge in [0.05, 0.1) is 19.3 Å². The Hall–Kier alpha value is -0.200. The Balaban J connectivity index is 2.13. The number of aliphatic hydroxyl groups is 2. The van der Waals surface area contributed by atoms with Crippen LogP contribution in [0.4, 0.5) is 0 Å². The summed E-state index contributed by atoms with van der Waals surface area (Å²) in [6, 6.07) is 0. The van der Waals surface area contributed by atoms with Crippen LogP contribution >= 0.6 is 0 Å². The Morgan fingerprint density at radius 3 is 2.91 bits per heavy atom. The lowest BCUT2D eigenvalue weighted by atomic mass is 10.1. The van der Waals surface area contributed by atoms with Crippen LogP contribution in [0, 0.1) is 0 Å². The molecule has 2 N–H and O–H groups in total. The molecule has 5 nitrogen and oxygen atoms in total. The highest BCUT2D eigenvalue weighted by Crippen LogP contribution is 2.12. The maximum absolute atomic E-state index is 8.98. The van der Waals surface area contributed by atoms with E-state index in [1.165, 1.54) is 0 Å². The van der Waals surface area contributed by atoms with Crippen LogP contribution in [0.15, 0.2) is 0 Å². The van der Waals surface area contributed by atoms with Crippen molar-refractivity contribution in [2.24, 2.45) is 0 Å². The topological polar surface area (TPSA) is 68.2 Å². The first-order valence-corrected chi connectivity index (χ1v) is 3.57. The van der Waals surface area contributed by atoms with Gasteiger partial charge in [-0.3, -0.25) is 0 Å². The van der Waals surface area contributed by atoms with Crippen LogP contribution in [0.25, 0.3) is 0 Å². The van der Waals surface area contributed by atoms with Gasteiger partial charge in [-0.05, 0) is 0 Å². The third kappa shape index (κ3) is 3.13. The van der Waals surface area contributed by atoms with Crippen molar-refractivity contribution in [3.8, 4) is 0 Å². The van der Waals surface area contributed by atoms with E-state index in [2.05, 4.69) is 14.8 Å². The van der Waals surface area contributed by atoms with Crippen molar-refractivity contribution >= 4 is 0 Å². The Labute approximate surface area is 64.3 Å². The molecule has 66 valence electrons. The molecule has 2 atom stereocenters. The van der Waals surface area contributed by atoms with Crippen molar-refractivity contribution in [3.05, 3.63) is 0 Å². The molecule has 0 aromatic carbocycles. The van der Waals surface area contributed by atoms with Crippen molar-refractivity contribution in [1.29, 1.82) is 0 Å². The average molecular weight is 164 g/mol. The van der Waals surface area contributed by atoms with E-state index in [4.69, 9.17) is 10.2 Å². The second-order valence-corrected chi connectivity index (χ2v) is 2.47. The maximum atomic E-state index is 8.98. The first kappa shape index (κ1) is 8.89. The largest absolute Gasteiger partial charge is 0.394 e. The molecule has 0 bridgehead atoms. The van der Waals surface area contributed by atoms with Crippen molar-refractivity contribution < 1.29 is 25.0 Å². The van der Waals surface area contributed by atoms with Gasteiger partial charge >= 0.3 is 0 Å². The molecular weight excluding hydrogens is 152 g/mol. The van der Waals surface area contributed by atoms with Gasteiger partial charge < -0.3 is 10.2 Å². The van der Waals surface area contributed by atoms with E-state index >= 15 is 0 Å². The molecular formula is C6H12O5. The zero-order valence-corrected chi connectivity index (χ0v) is 6.10. The van der Waals surface area contributed by atoms with Crippen molar-refractivity contribution in [3.63, 3.8) is 0 Å². The minimum Gasteiger partial charge on any atom is -0.394 e. The van der Waals surface area contributed by atoms with Gasteiger partial charge in [-0.15, -0.1) is 0 Å². The van der Waals surface area contributed by atoms with Gasteiger partial charge in [-0.1, -0.05) is 5.04 Å². The lowest BCUT2D eigenvalue weighted by Crippen LogP contribution is -2.28. The zero-order chi connectivity index (χ0) is 8.10. The van der Waals surface area contributed by atoms with E-state index in [0.717, 1.165) is 0 Å². The summed E-state index contributed by atoms with van der Waals surface area (Å²) >= 11 is 0. The predicted molar refractivity (Wildman–Crippen MR) is 34.2 cm³/mol. The summed E-state index contributed by atoms with van der Waals surface area (Å²) in [5.41, 5.74) is 0. The van der Waals surface area contributed by atoms with Gasteiger partial charge in [0.2, 0.25) is 0 Å². The van der Waals surface area contributed by atoms with Gasteiger partial charge in [0.15, 0.2) is 0 Å². The van der Waals surface area contributed by atoms with E-state index in [1.54, 1.807) is 0 Å². The maximum Gasteiger partial charge on any atom is 0.101 e. The molecule has 1 rings (SSSR count). The van der Waals surface area contributed by atoms with Crippen LogP contribution in [-0.4, -0.2) is 35.6 Å². The summed E-state index contributed by atoms with van der Waals surface area (Å²) in [6.07, 6.45) is 0.143. The molecule has 2 unspecified atom stereocenters. The molecule has 0 amide bonds. The first-order chi connectivity index (χ1) is 5.33. The fourth-order valence-corrected chi connectivity index (χ4v) is 0.880. The third-order valence-corrected chi connectivity index (χ3v) is 1.49. The third-order valence-electron chi connectivity index (χ3n) is 1.49. The van der Waals surface area contributed by atoms with E-state index in [1.807, 2.05) is 0 Å². The molecule has 1 saturated heterocycles. The van der Waals surface area contributed by atoms with Gasteiger partial charge in [0.1, 0.15) is 6.10 Å². The predicted octanol–water partition coefficient (Wildman–Crippen LogP) is -0.618. The summed E-state index contributed by atoms with van der Waals surface area (Å²) < 4.78 is 0. The van der Waals surface area contributed by atoms with E-state index in [9.17, 15) is 0 Å². The molecule has 0 spiro atoms. The number of aliphatic hydroxyl groups excluding tert-OH is 2. The fourth-order valence-electron chi connectivity index (χ4n) is 0.880. The SMILES string of the molecule is OCC(O)CC1CCOOO1. The van der Waals surface area contributed by atoms with E-state index < -0.39 is 6.10 Å². The highest BCUT2D eigenvalue weighted by atomic mass is 17.5.